The second-order valence-electron chi connectivity index (χ2n) is 5.37. The van der Waals surface area contributed by atoms with E-state index < -0.39 is 18.5 Å². The van der Waals surface area contributed by atoms with Gasteiger partial charge < -0.3 is 19.4 Å². The van der Waals surface area contributed by atoms with Crippen molar-refractivity contribution < 1.29 is 23.5 Å². The Hall–Kier alpha value is -2.74. The third-order valence-corrected chi connectivity index (χ3v) is 4.29. The summed E-state index contributed by atoms with van der Waals surface area (Å²) in [7, 11) is 1.47. The van der Waals surface area contributed by atoms with Gasteiger partial charge in [-0.05, 0) is 24.3 Å². The fraction of sp³-hybridized carbons (Fsp3) is 0.278. The van der Waals surface area contributed by atoms with Crippen LogP contribution in [0.25, 0.3) is 0 Å². The van der Waals surface area contributed by atoms with Crippen molar-refractivity contribution in [3.63, 3.8) is 0 Å². The van der Waals surface area contributed by atoms with Crippen molar-refractivity contribution in [2.24, 2.45) is 0 Å². The molecule has 0 aliphatic heterocycles. The Morgan fingerprint density at radius 3 is 2.62 bits per heavy atom. The first-order valence-corrected chi connectivity index (χ1v) is 8.89. The van der Waals surface area contributed by atoms with Gasteiger partial charge in [-0.1, -0.05) is 18.2 Å². The van der Waals surface area contributed by atoms with E-state index in [1.54, 1.807) is 12.1 Å². The highest BCUT2D eigenvalue weighted by atomic mass is 32.2. The van der Waals surface area contributed by atoms with E-state index in [1.165, 1.54) is 30.0 Å². The van der Waals surface area contributed by atoms with Gasteiger partial charge in [0.05, 0.1) is 25.1 Å². The van der Waals surface area contributed by atoms with Crippen LogP contribution in [0.3, 0.4) is 0 Å². The lowest BCUT2D eigenvalue weighted by Gasteiger charge is -2.16. The summed E-state index contributed by atoms with van der Waals surface area (Å²) >= 11 is 1.33. The van der Waals surface area contributed by atoms with E-state index in [4.69, 9.17) is 9.15 Å². The molecule has 2 rings (SSSR count). The number of esters is 1. The predicted molar refractivity (Wildman–Crippen MR) is 96.3 cm³/mol. The van der Waals surface area contributed by atoms with Gasteiger partial charge in [-0.3, -0.25) is 14.4 Å². The van der Waals surface area contributed by atoms with Gasteiger partial charge in [-0.2, -0.15) is 0 Å². The van der Waals surface area contributed by atoms with Crippen LogP contribution in [0, 0.1) is 0 Å². The van der Waals surface area contributed by atoms with E-state index in [0.29, 0.717) is 5.76 Å². The molecule has 1 aromatic heterocycles. The van der Waals surface area contributed by atoms with Crippen LogP contribution in [-0.4, -0.2) is 48.6 Å². The van der Waals surface area contributed by atoms with Crippen LogP contribution in [0.4, 0.5) is 0 Å². The Morgan fingerprint density at radius 2 is 1.92 bits per heavy atom. The number of nitrogens with one attached hydrogen (secondary N) is 1. The van der Waals surface area contributed by atoms with Gasteiger partial charge in [-0.25, -0.2) is 0 Å². The van der Waals surface area contributed by atoms with Gasteiger partial charge in [0, 0.05) is 11.9 Å². The number of benzene rings is 1. The molecule has 0 spiro atoms. The summed E-state index contributed by atoms with van der Waals surface area (Å²) in [6, 6.07) is 12.9. The van der Waals surface area contributed by atoms with Gasteiger partial charge in [0.25, 0.3) is 5.91 Å². The Bertz CT molecular complexity index is 718. The molecule has 0 bridgehead atoms. The maximum Gasteiger partial charge on any atom is 0.316 e. The summed E-state index contributed by atoms with van der Waals surface area (Å²) in [5.41, 5.74) is 0. The lowest BCUT2D eigenvalue weighted by atomic mass is 10.4. The number of hydrogen-bond acceptors (Lipinski definition) is 6. The van der Waals surface area contributed by atoms with Crippen LogP contribution < -0.4 is 5.32 Å². The molecule has 1 heterocycles. The van der Waals surface area contributed by atoms with Crippen molar-refractivity contribution in [2.45, 2.75) is 11.4 Å². The van der Waals surface area contributed by atoms with Gasteiger partial charge in [0.2, 0.25) is 5.91 Å². The molecule has 8 heteroatoms. The number of likely N-dealkylation sites (N-methyl/N-ethyl adjacent to an activating group) is 1. The molecule has 0 radical (unpaired) electrons. The summed E-state index contributed by atoms with van der Waals surface area (Å²) < 4.78 is 10.1. The number of thioether (sulfide) groups is 1. The van der Waals surface area contributed by atoms with E-state index >= 15 is 0 Å². The second kappa shape index (κ2) is 10.3. The number of rotatable bonds is 9. The number of hydrogen-bond donors (Lipinski definition) is 1. The van der Waals surface area contributed by atoms with Crippen LogP contribution in [0.1, 0.15) is 5.76 Å². The summed E-state index contributed by atoms with van der Waals surface area (Å²) in [4.78, 5) is 37.6. The quantitative estimate of drug-likeness (QED) is 0.529. The summed E-state index contributed by atoms with van der Waals surface area (Å²) in [6.07, 6.45) is 1.52. The molecule has 0 saturated carbocycles. The Kier molecular flexibility index (Phi) is 7.75. The van der Waals surface area contributed by atoms with Gasteiger partial charge in [0.15, 0.2) is 6.61 Å². The minimum Gasteiger partial charge on any atom is -0.467 e. The second-order valence-corrected chi connectivity index (χ2v) is 6.42. The molecular weight excluding hydrogens is 356 g/mol. The highest BCUT2D eigenvalue weighted by Gasteiger charge is 2.15. The lowest BCUT2D eigenvalue weighted by Crippen LogP contribution is -2.40. The van der Waals surface area contributed by atoms with Crippen molar-refractivity contribution in [1.29, 1.82) is 0 Å². The number of carbonyl (C=O) groups is 3. The van der Waals surface area contributed by atoms with Gasteiger partial charge in [0.1, 0.15) is 5.76 Å². The molecule has 0 fully saturated rings. The van der Waals surface area contributed by atoms with E-state index in [9.17, 15) is 14.4 Å². The normalized spacial score (nSPS) is 10.2. The van der Waals surface area contributed by atoms with Crippen molar-refractivity contribution >= 4 is 29.5 Å². The first-order chi connectivity index (χ1) is 12.5. The topological polar surface area (TPSA) is 88.8 Å². The molecule has 1 N–H and O–H groups in total. The van der Waals surface area contributed by atoms with Gasteiger partial charge in [-0.15, -0.1) is 11.8 Å². The molecule has 0 saturated heterocycles. The van der Waals surface area contributed by atoms with E-state index in [1.807, 2.05) is 30.3 Å². The number of amides is 2. The lowest BCUT2D eigenvalue weighted by molar-refractivity contribution is -0.149. The van der Waals surface area contributed by atoms with Crippen LogP contribution in [0.5, 0.6) is 0 Å². The molecule has 1 aromatic carbocycles. The third-order valence-electron chi connectivity index (χ3n) is 3.30. The Labute approximate surface area is 155 Å². The first-order valence-electron chi connectivity index (χ1n) is 7.91. The molecule has 0 unspecified atom stereocenters. The number of ether oxygens (including phenoxy) is 1. The average molecular weight is 376 g/mol. The molecule has 0 aliphatic rings. The summed E-state index contributed by atoms with van der Waals surface area (Å²) in [5.74, 6) is -0.524. The van der Waals surface area contributed by atoms with E-state index in [-0.39, 0.29) is 24.7 Å². The molecular formula is C18H20N2O5S. The molecule has 26 heavy (non-hydrogen) atoms. The number of furan rings is 1. The van der Waals surface area contributed by atoms with Crippen LogP contribution in [0.15, 0.2) is 58.0 Å². The Morgan fingerprint density at radius 1 is 1.15 bits per heavy atom. The van der Waals surface area contributed by atoms with Crippen molar-refractivity contribution in [2.75, 3.05) is 26.0 Å². The van der Waals surface area contributed by atoms with Crippen molar-refractivity contribution in [3.8, 4) is 0 Å². The first kappa shape index (κ1) is 19.6. The van der Waals surface area contributed by atoms with Crippen LogP contribution in [0.2, 0.25) is 0 Å². The highest BCUT2D eigenvalue weighted by Crippen LogP contribution is 2.16. The fourth-order valence-corrected chi connectivity index (χ4v) is 2.63. The SMILES string of the molecule is CN(CC(=O)NCc1ccco1)C(=O)COC(=O)CSc1ccccc1. The number of carbonyl (C=O) groups excluding carboxylic acids is 3. The number of nitrogens with zero attached hydrogens (tertiary/aromatic N) is 1. The molecule has 2 amide bonds. The van der Waals surface area contributed by atoms with Crippen molar-refractivity contribution in [1.82, 2.24) is 10.2 Å². The minimum atomic E-state index is -0.483. The molecule has 7 nitrogen and oxygen atoms in total. The summed E-state index contributed by atoms with van der Waals surface area (Å²) in [6.45, 7) is -0.272. The molecule has 0 aliphatic carbocycles. The predicted octanol–water partition coefficient (Wildman–Crippen LogP) is 1.69. The van der Waals surface area contributed by atoms with Crippen molar-refractivity contribution in [3.05, 3.63) is 54.5 Å². The Balaban J connectivity index is 1.63. The average Bonchev–Trinajstić information content (AvgIpc) is 3.17. The molecule has 0 atom stereocenters. The maximum atomic E-state index is 11.9. The standard InChI is InChI=1S/C18H20N2O5S/c1-20(11-16(21)19-10-14-6-5-9-24-14)17(22)12-25-18(23)13-26-15-7-3-2-4-8-15/h2-9H,10-13H2,1H3,(H,19,21). The zero-order valence-electron chi connectivity index (χ0n) is 14.3. The minimum absolute atomic E-state index is 0.116. The zero-order valence-corrected chi connectivity index (χ0v) is 15.2. The maximum absolute atomic E-state index is 11.9. The van der Waals surface area contributed by atoms with E-state index in [0.717, 1.165) is 4.90 Å². The molecule has 2 aromatic rings. The fourth-order valence-electron chi connectivity index (χ4n) is 1.91. The van der Waals surface area contributed by atoms with E-state index in [2.05, 4.69) is 5.32 Å². The third kappa shape index (κ3) is 7.02. The largest absolute Gasteiger partial charge is 0.467 e. The monoisotopic (exact) mass is 376 g/mol. The highest BCUT2D eigenvalue weighted by molar-refractivity contribution is 8.00. The summed E-state index contributed by atoms with van der Waals surface area (Å²) in [5, 5.41) is 2.64. The van der Waals surface area contributed by atoms with Crippen LogP contribution >= 0.6 is 11.8 Å². The molecule has 138 valence electrons. The zero-order chi connectivity index (χ0) is 18.8. The van der Waals surface area contributed by atoms with Crippen LogP contribution in [-0.2, 0) is 25.7 Å². The smallest absolute Gasteiger partial charge is 0.316 e. The van der Waals surface area contributed by atoms with Gasteiger partial charge >= 0.3 is 5.97 Å².